The molecule has 3 atom stereocenters. The molecule has 3 amide bonds. The number of nitrogens with zero attached hydrogens (tertiary/aromatic N) is 2. The van der Waals surface area contributed by atoms with Crippen LogP contribution in [0.2, 0.25) is 0 Å². The summed E-state index contributed by atoms with van der Waals surface area (Å²) in [5.41, 5.74) is 1.05. The van der Waals surface area contributed by atoms with Gasteiger partial charge in [-0.15, -0.1) is 0 Å². The van der Waals surface area contributed by atoms with Crippen molar-refractivity contribution in [1.29, 1.82) is 0 Å². The fraction of sp³-hybridized carbons (Fsp3) is 0.525. The number of carbonyl (C=O) groups excluding carboxylic acids is 5. The predicted octanol–water partition coefficient (Wildman–Crippen LogP) is 5.35. The predicted molar refractivity (Wildman–Crippen MR) is 197 cm³/mol. The summed E-state index contributed by atoms with van der Waals surface area (Å²) >= 11 is 0. The van der Waals surface area contributed by atoms with E-state index in [0.29, 0.717) is 37.4 Å². The molecule has 13 nitrogen and oxygen atoms in total. The second-order valence-electron chi connectivity index (χ2n) is 15.3. The summed E-state index contributed by atoms with van der Waals surface area (Å²) in [6, 6.07) is 14.4. The molecule has 14 heteroatoms. The van der Waals surface area contributed by atoms with Gasteiger partial charge in [0.05, 0.1) is 13.2 Å². The maximum Gasteiger partial charge on any atom is 0.410 e. The zero-order chi connectivity index (χ0) is 39.8. The summed E-state index contributed by atoms with van der Waals surface area (Å²) in [4.78, 5) is 74.7. The van der Waals surface area contributed by atoms with Gasteiger partial charge >= 0.3 is 18.0 Å². The number of hydroxylamine groups is 1. The van der Waals surface area contributed by atoms with Crippen molar-refractivity contribution in [3.05, 3.63) is 71.8 Å². The first-order chi connectivity index (χ1) is 25.3. The van der Waals surface area contributed by atoms with E-state index in [4.69, 9.17) is 23.8 Å². The lowest BCUT2D eigenvalue weighted by Crippen LogP contribution is -2.53. The molecule has 0 radical (unpaired) electrons. The Balaban J connectivity index is 1.50. The van der Waals surface area contributed by atoms with E-state index in [0.717, 1.165) is 27.4 Å². The standard InChI is InChI=1S/C40H52FN3O10/c1-26(51-36(48)40(20-21-40)44(8)37(49)53-38(2,3)4)34(46)43(7)31(25-39(5,6)41)35(47)52-32(33(45)42-54-30-12-10-9-11-13-30)24-27-14-16-28(17-15-27)29-18-22-50-23-19-29/h9-18,26,31-32H,19-25H2,1-8H3,(H,42,45)/t26-,31+,32-/m1/s1. The summed E-state index contributed by atoms with van der Waals surface area (Å²) in [6.07, 6.45) is -0.779. The third kappa shape index (κ3) is 11.5. The Kier molecular flexibility index (Phi) is 13.5. The first kappa shape index (κ1) is 41.8. The molecule has 0 saturated heterocycles. The highest BCUT2D eigenvalue weighted by molar-refractivity contribution is 5.93. The Hall–Kier alpha value is -4.98. The molecule has 1 heterocycles. The average molecular weight is 754 g/mol. The van der Waals surface area contributed by atoms with Gasteiger partial charge in [-0.1, -0.05) is 48.5 Å². The highest BCUT2D eigenvalue weighted by Crippen LogP contribution is 2.43. The van der Waals surface area contributed by atoms with Crippen LogP contribution in [0.15, 0.2) is 60.7 Å². The minimum Gasteiger partial charge on any atom is -0.451 e. The number of esters is 2. The Morgan fingerprint density at radius 2 is 1.59 bits per heavy atom. The van der Waals surface area contributed by atoms with Crippen LogP contribution in [0.25, 0.3) is 5.57 Å². The van der Waals surface area contributed by atoms with Gasteiger partial charge in [-0.05, 0) is 89.6 Å². The summed E-state index contributed by atoms with van der Waals surface area (Å²) in [5, 5.41) is 0. The molecule has 0 aromatic heterocycles. The van der Waals surface area contributed by atoms with E-state index in [-0.39, 0.29) is 6.42 Å². The fourth-order valence-electron chi connectivity index (χ4n) is 5.83. The summed E-state index contributed by atoms with van der Waals surface area (Å²) in [7, 11) is 2.69. The Bertz CT molecular complexity index is 1680. The van der Waals surface area contributed by atoms with E-state index in [1.165, 1.54) is 34.9 Å². The van der Waals surface area contributed by atoms with Gasteiger partial charge in [-0.3, -0.25) is 14.5 Å². The normalized spacial score (nSPS) is 16.7. The lowest BCUT2D eigenvalue weighted by Gasteiger charge is -2.33. The second kappa shape index (κ2) is 17.4. The van der Waals surface area contributed by atoms with E-state index in [2.05, 4.69) is 5.48 Å². The van der Waals surface area contributed by atoms with E-state index in [1.807, 2.05) is 30.3 Å². The third-order valence-electron chi connectivity index (χ3n) is 9.08. The van der Waals surface area contributed by atoms with Gasteiger partial charge in [-0.2, -0.15) is 5.48 Å². The largest absolute Gasteiger partial charge is 0.451 e. The number of benzene rings is 2. The van der Waals surface area contributed by atoms with Crippen LogP contribution in [-0.4, -0.2) is 102 Å². The van der Waals surface area contributed by atoms with Crippen molar-refractivity contribution in [1.82, 2.24) is 15.3 Å². The van der Waals surface area contributed by atoms with Gasteiger partial charge in [0, 0.05) is 26.9 Å². The number of hydrogen-bond donors (Lipinski definition) is 1. The lowest BCUT2D eigenvalue weighted by atomic mass is 9.98. The number of alkyl halides is 1. The van der Waals surface area contributed by atoms with Crippen molar-refractivity contribution in [2.24, 2.45) is 0 Å². The molecule has 1 fully saturated rings. The van der Waals surface area contributed by atoms with Gasteiger partial charge in [-0.25, -0.2) is 18.8 Å². The van der Waals surface area contributed by atoms with Crippen molar-refractivity contribution in [2.75, 3.05) is 27.3 Å². The van der Waals surface area contributed by atoms with Crippen LogP contribution in [0.4, 0.5) is 9.18 Å². The molecule has 2 aliphatic rings. The molecule has 2 aromatic carbocycles. The maximum absolute atomic E-state index is 15.2. The number of likely N-dealkylation sites (N-methyl/N-ethyl adjacent to an activating group) is 2. The number of carbonyl (C=O) groups is 5. The number of para-hydroxylation sites is 1. The molecule has 1 saturated carbocycles. The molecule has 2 aromatic rings. The maximum atomic E-state index is 15.2. The molecular formula is C40H52FN3O10. The highest BCUT2D eigenvalue weighted by atomic mass is 19.1. The Morgan fingerprint density at radius 1 is 0.944 bits per heavy atom. The first-order valence-corrected chi connectivity index (χ1v) is 18.0. The number of hydrogen-bond acceptors (Lipinski definition) is 10. The van der Waals surface area contributed by atoms with E-state index in [1.54, 1.807) is 51.1 Å². The van der Waals surface area contributed by atoms with Crippen molar-refractivity contribution in [2.45, 2.75) is 109 Å². The van der Waals surface area contributed by atoms with Gasteiger partial charge in [0.1, 0.15) is 22.9 Å². The van der Waals surface area contributed by atoms with E-state index in [9.17, 15) is 24.0 Å². The quantitative estimate of drug-likeness (QED) is 0.143. The molecule has 0 unspecified atom stereocenters. The topological polar surface area (TPSA) is 150 Å². The second-order valence-corrected chi connectivity index (χ2v) is 15.3. The lowest BCUT2D eigenvalue weighted by molar-refractivity contribution is -0.171. The number of amides is 3. The van der Waals surface area contributed by atoms with Gasteiger partial charge in [0.2, 0.25) is 0 Å². The number of halogens is 1. The molecule has 0 bridgehead atoms. The van der Waals surface area contributed by atoms with Crippen LogP contribution in [0, 0.1) is 0 Å². The van der Waals surface area contributed by atoms with Crippen LogP contribution >= 0.6 is 0 Å². The van der Waals surface area contributed by atoms with Crippen LogP contribution in [0.5, 0.6) is 5.75 Å². The molecule has 1 aliphatic carbocycles. The van der Waals surface area contributed by atoms with Crippen molar-refractivity contribution in [3.8, 4) is 5.75 Å². The molecule has 1 N–H and O–H groups in total. The Labute approximate surface area is 316 Å². The molecule has 4 rings (SSSR count). The van der Waals surface area contributed by atoms with Crippen LogP contribution in [0.3, 0.4) is 0 Å². The van der Waals surface area contributed by atoms with E-state index < -0.39 is 71.3 Å². The Morgan fingerprint density at radius 3 is 2.15 bits per heavy atom. The summed E-state index contributed by atoms with van der Waals surface area (Å²) in [5.74, 6) is -3.15. The molecule has 294 valence electrons. The van der Waals surface area contributed by atoms with Crippen molar-refractivity contribution >= 4 is 35.4 Å². The zero-order valence-electron chi connectivity index (χ0n) is 32.3. The summed E-state index contributed by atoms with van der Waals surface area (Å²) < 4.78 is 37.3. The van der Waals surface area contributed by atoms with Gasteiger partial charge in [0.25, 0.3) is 11.8 Å². The number of nitrogens with one attached hydrogen (secondary N) is 1. The smallest absolute Gasteiger partial charge is 0.410 e. The monoisotopic (exact) mass is 753 g/mol. The van der Waals surface area contributed by atoms with Crippen LogP contribution in [0.1, 0.15) is 78.4 Å². The highest BCUT2D eigenvalue weighted by Gasteiger charge is 2.58. The average Bonchev–Trinajstić information content (AvgIpc) is 3.94. The molecule has 1 aliphatic heterocycles. The third-order valence-corrected chi connectivity index (χ3v) is 9.08. The van der Waals surface area contributed by atoms with E-state index >= 15 is 4.39 Å². The minimum absolute atomic E-state index is 0.0666. The number of ether oxygens (including phenoxy) is 4. The first-order valence-electron chi connectivity index (χ1n) is 18.0. The van der Waals surface area contributed by atoms with Crippen molar-refractivity contribution in [3.63, 3.8) is 0 Å². The minimum atomic E-state index is -1.96. The molecule has 0 spiro atoms. The van der Waals surface area contributed by atoms with Crippen molar-refractivity contribution < 1.29 is 52.1 Å². The van der Waals surface area contributed by atoms with Gasteiger partial charge < -0.3 is 28.7 Å². The molecule has 54 heavy (non-hydrogen) atoms. The van der Waals surface area contributed by atoms with Crippen LogP contribution in [-0.2, 0) is 44.5 Å². The number of rotatable bonds is 15. The summed E-state index contributed by atoms with van der Waals surface area (Å²) in [6.45, 7) is 10.0. The SMILES string of the molecule is C[C@@H](OC(=O)C1(N(C)C(=O)OC(C)(C)C)CC1)C(=O)N(C)[C@@H](CC(C)(C)F)C(=O)O[C@H](Cc1ccc(C2=CCOCC2)cc1)C(=O)NOc1ccccc1. The van der Waals surface area contributed by atoms with Crippen LogP contribution < -0.4 is 10.3 Å². The fourth-order valence-corrected chi connectivity index (χ4v) is 5.83. The van der Waals surface area contributed by atoms with Gasteiger partial charge in [0.15, 0.2) is 18.0 Å². The molecular weight excluding hydrogens is 701 g/mol. The zero-order valence-corrected chi connectivity index (χ0v) is 32.3.